The fourth-order valence-corrected chi connectivity index (χ4v) is 2.73. The molecule has 0 aliphatic carbocycles. The zero-order valence-corrected chi connectivity index (χ0v) is 11.7. The van der Waals surface area contributed by atoms with E-state index in [-0.39, 0.29) is 5.97 Å². The topological polar surface area (TPSA) is 29.5 Å². The summed E-state index contributed by atoms with van der Waals surface area (Å²) in [4.78, 5) is 14.1. The average Bonchev–Trinajstić information content (AvgIpc) is 2.42. The number of piperidine rings is 1. The van der Waals surface area contributed by atoms with Crippen LogP contribution in [-0.2, 0) is 16.1 Å². The van der Waals surface area contributed by atoms with Gasteiger partial charge in [0.05, 0.1) is 13.0 Å². The van der Waals surface area contributed by atoms with Crippen molar-refractivity contribution in [3.8, 4) is 0 Å². The molecule has 0 aromatic heterocycles. The molecule has 19 heavy (non-hydrogen) atoms. The summed E-state index contributed by atoms with van der Waals surface area (Å²) in [6, 6.07) is 10.8. The van der Waals surface area contributed by atoms with E-state index >= 15 is 0 Å². The minimum Gasteiger partial charge on any atom is -0.466 e. The average molecular weight is 261 g/mol. The normalized spacial score (nSPS) is 20.2. The molecule has 0 bridgehead atoms. The van der Waals surface area contributed by atoms with Crippen molar-refractivity contribution in [1.82, 2.24) is 4.90 Å². The second-order valence-corrected chi connectivity index (χ2v) is 5.11. The van der Waals surface area contributed by atoms with Crippen LogP contribution >= 0.6 is 0 Å². The molecule has 0 spiro atoms. The van der Waals surface area contributed by atoms with Gasteiger partial charge in [0.2, 0.25) is 0 Å². The maximum Gasteiger partial charge on any atom is 0.307 e. The van der Waals surface area contributed by atoms with Gasteiger partial charge in [-0.3, -0.25) is 9.69 Å². The van der Waals surface area contributed by atoms with Crippen molar-refractivity contribution in [3.63, 3.8) is 0 Å². The lowest BCUT2D eigenvalue weighted by atomic mass is 9.98. The van der Waals surface area contributed by atoms with Gasteiger partial charge in [0.15, 0.2) is 0 Å². The van der Waals surface area contributed by atoms with Gasteiger partial charge in [0.25, 0.3) is 0 Å². The van der Waals surface area contributed by atoms with Crippen LogP contribution in [0.5, 0.6) is 0 Å². The van der Waals surface area contributed by atoms with Crippen LogP contribution in [0.2, 0.25) is 0 Å². The van der Waals surface area contributed by atoms with Crippen molar-refractivity contribution < 1.29 is 9.53 Å². The first kappa shape index (κ1) is 14.1. The molecule has 2 rings (SSSR count). The second kappa shape index (κ2) is 7.29. The molecule has 0 N–H and O–H groups in total. The first-order valence-corrected chi connectivity index (χ1v) is 7.23. The Bertz CT molecular complexity index is 391. The van der Waals surface area contributed by atoms with E-state index < -0.39 is 0 Å². The third kappa shape index (κ3) is 4.35. The summed E-state index contributed by atoms with van der Waals surface area (Å²) in [5, 5.41) is 0. The first-order chi connectivity index (χ1) is 9.29. The number of carbonyl (C=O) groups excluding carboxylic acids is 1. The minimum absolute atomic E-state index is 0.0625. The Balaban J connectivity index is 1.94. The molecule has 1 atom stereocenters. The van der Waals surface area contributed by atoms with Gasteiger partial charge < -0.3 is 4.74 Å². The van der Waals surface area contributed by atoms with Crippen molar-refractivity contribution in [2.24, 2.45) is 0 Å². The smallest absolute Gasteiger partial charge is 0.307 e. The number of carbonyl (C=O) groups is 1. The van der Waals surface area contributed by atoms with E-state index in [4.69, 9.17) is 4.74 Å². The number of hydrogen-bond acceptors (Lipinski definition) is 3. The SMILES string of the molecule is CCOC(=O)CC1CCCCN1Cc1ccccc1. The molecule has 1 aromatic carbocycles. The fourth-order valence-electron chi connectivity index (χ4n) is 2.73. The van der Waals surface area contributed by atoms with Gasteiger partial charge in [0, 0.05) is 12.6 Å². The van der Waals surface area contributed by atoms with E-state index in [9.17, 15) is 4.79 Å². The molecular formula is C16H23NO2. The highest BCUT2D eigenvalue weighted by Gasteiger charge is 2.25. The quantitative estimate of drug-likeness (QED) is 0.763. The van der Waals surface area contributed by atoms with E-state index in [1.165, 1.54) is 18.4 Å². The van der Waals surface area contributed by atoms with Crippen molar-refractivity contribution in [2.75, 3.05) is 13.2 Å². The molecular weight excluding hydrogens is 238 g/mol. The molecule has 104 valence electrons. The van der Waals surface area contributed by atoms with Crippen LogP contribution in [0.3, 0.4) is 0 Å². The summed E-state index contributed by atoms with van der Waals surface area (Å²) in [7, 11) is 0. The molecule has 0 radical (unpaired) electrons. The Kier molecular flexibility index (Phi) is 5.40. The zero-order chi connectivity index (χ0) is 13.5. The van der Waals surface area contributed by atoms with Gasteiger partial charge in [-0.05, 0) is 31.9 Å². The highest BCUT2D eigenvalue weighted by Crippen LogP contribution is 2.22. The number of rotatable bonds is 5. The molecule has 1 heterocycles. The summed E-state index contributed by atoms with van der Waals surface area (Å²) in [6.07, 6.45) is 4.08. The second-order valence-electron chi connectivity index (χ2n) is 5.11. The first-order valence-electron chi connectivity index (χ1n) is 7.23. The highest BCUT2D eigenvalue weighted by molar-refractivity contribution is 5.70. The molecule has 1 aliphatic rings. The Hall–Kier alpha value is -1.35. The Labute approximate surface area is 115 Å². The highest BCUT2D eigenvalue weighted by atomic mass is 16.5. The van der Waals surface area contributed by atoms with Gasteiger partial charge in [-0.2, -0.15) is 0 Å². The van der Waals surface area contributed by atoms with E-state index in [2.05, 4.69) is 29.2 Å². The van der Waals surface area contributed by atoms with E-state index in [0.717, 1.165) is 19.5 Å². The predicted octanol–water partition coefficient (Wildman–Crippen LogP) is 2.99. The molecule has 0 amide bonds. The van der Waals surface area contributed by atoms with Gasteiger partial charge in [-0.1, -0.05) is 36.8 Å². The lowest BCUT2D eigenvalue weighted by molar-refractivity contribution is -0.145. The maximum absolute atomic E-state index is 11.7. The summed E-state index contributed by atoms with van der Waals surface area (Å²) in [6.45, 7) is 4.36. The van der Waals surface area contributed by atoms with Gasteiger partial charge in [-0.15, -0.1) is 0 Å². The van der Waals surface area contributed by atoms with Gasteiger partial charge in [0.1, 0.15) is 0 Å². The van der Waals surface area contributed by atoms with Crippen LogP contribution in [0.25, 0.3) is 0 Å². The number of esters is 1. The predicted molar refractivity (Wildman–Crippen MR) is 75.7 cm³/mol. The van der Waals surface area contributed by atoms with Crippen molar-refractivity contribution in [2.45, 2.75) is 45.2 Å². The minimum atomic E-state index is -0.0625. The monoisotopic (exact) mass is 261 g/mol. The molecule has 3 heteroatoms. The van der Waals surface area contributed by atoms with Crippen LogP contribution in [-0.4, -0.2) is 30.1 Å². The lowest BCUT2D eigenvalue weighted by Gasteiger charge is -2.35. The van der Waals surface area contributed by atoms with Crippen molar-refractivity contribution in [1.29, 1.82) is 0 Å². The Morgan fingerprint density at radius 1 is 1.32 bits per heavy atom. The van der Waals surface area contributed by atoms with E-state index in [0.29, 0.717) is 19.1 Å². The summed E-state index contributed by atoms with van der Waals surface area (Å²) in [5.41, 5.74) is 1.32. The molecule has 1 fully saturated rings. The zero-order valence-electron chi connectivity index (χ0n) is 11.7. The number of likely N-dealkylation sites (tertiary alicyclic amines) is 1. The van der Waals surface area contributed by atoms with Gasteiger partial charge in [-0.25, -0.2) is 0 Å². The number of ether oxygens (including phenoxy) is 1. The van der Waals surface area contributed by atoms with Crippen LogP contribution in [0.4, 0.5) is 0 Å². The fraction of sp³-hybridized carbons (Fsp3) is 0.562. The summed E-state index contributed by atoms with van der Waals surface area (Å²) < 4.78 is 5.08. The molecule has 1 unspecified atom stereocenters. The van der Waals surface area contributed by atoms with Gasteiger partial charge >= 0.3 is 5.97 Å². The largest absolute Gasteiger partial charge is 0.466 e. The molecule has 0 saturated carbocycles. The van der Waals surface area contributed by atoms with Crippen LogP contribution in [0.15, 0.2) is 30.3 Å². The molecule has 1 aromatic rings. The Morgan fingerprint density at radius 2 is 2.11 bits per heavy atom. The molecule has 3 nitrogen and oxygen atoms in total. The number of hydrogen-bond donors (Lipinski definition) is 0. The maximum atomic E-state index is 11.7. The number of nitrogens with zero attached hydrogens (tertiary/aromatic N) is 1. The molecule has 1 saturated heterocycles. The van der Waals surface area contributed by atoms with E-state index in [1.54, 1.807) is 0 Å². The lowest BCUT2D eigenvalue weighted by Crippen LogP contribution is -2.40. The molecule has 1 aliphatic heterocycles. The number of benzene rings is 1. The summed E-state index contributed by atoms with van der Waals surface area (Å²) in [5.74, 6) is -0.0625. The van der Waals surface area contributed by atoms with E-state index in [1.807, 2.05) is 13.0 Å². The van der Waals surface area contributed by atoms with Crippen LogP contribution < -0.4 is 0 Å². The standard InChI is InChI=1S/C16H23NO2/c1-2-19-16(18)12-15-10-6-7-11-17(15)13-14-8-4-3-5-9-14/h3-5,8-9,15H,2,6-7,10-13H2,1H3. The van der Waals surface area contributed by atoms with Crippen molar-refractivity contribution >= 4 is 5.97 Å². The van der Waals surface area contributed by atoms with Crippen LogP contribution in [0, 0.1) is 0 Å². The van der Waals surface area contributed by atoms with Crippen LogP contribution in [0.1, 0.15) is 38.2 Å². The summed E-state index contributed by atoms with van der Waals surface area (Å²) >= 11 is 0. The Morgan fingerprint density at radius 3 is 2.84 bits per heavy atom. The third-order valence-electron chi connectivity index (χ3n) is 3.69. The van der Waals surface area contributed by atoms with Crippen molar-refractivity contribution in [3.05, 3.63) is 35.9 Å². The third-order valence-corrected chi connectivity index (χ3v) is 3.69.